The minimum absolute atomic E-state index is 0.0868. The summed E-state index contributed by atoms with van der Waals surface area (Å²) in [7, 11) is 0. The Bertz CT molecular complexity index is 376. The largest absolute Gasteiger partial charge is 0.311 e. The van der Waals surface area contributed by atoms with E-state index >= 15 is 0 Å². The molecule has 16 heavy (non-hydrogen) atoms. The quantitative estimate of drug-likeness (QED) is 0.658. The van der Waals surface area contributed by atoms with Crippen molar-refractivity contribution in [2.24, 2.45) is 0 Å². The summed E-state index contributed by atoms with van der Waals surface area (Å²) in [6, 6.07) is 1.13. The Balaban J connectivity index is 1.79. The first-order chi connectivity index (χ1) is 7.65. The fourth-order valence-corrected chi connectivity index (χ4v) is 3.19. The molecule has 2 atom stereocenters. The van der Waals surface area contributed by atoms with Crippen LogP contribution in [0, 0.1) is 0 Å². The first-order valence-electron chi connectivity index (χ1n) is 5.97. The molecule has 0 aromatic heterocycles. The summed E-state index contributed by atoms with van der Waals surface area (Å²) in [5, 5.41) is 3.52. The zero-order chi connectivity index (χ0) is 11.3. The second-order valence-electron chi connectivity index (χ2n) is 5.10. The monoisotopic (exact) mass is 220 g/mol. The molecule has 3 aliphatic rings. The summed E-state index contributed by atoms with van der Waals surface area (Å²) in [5.74, 6) is -0.204. The molecular formula is C12H16N2O2. The molecule has 3 heterocycles. The van der Waals surface area contributed by atoms with Crippen LogP contribution < -0.4 is 5.32 Å². The molecule has 2 fully saturated rings. The van der Waals surface area contributed by atoms with Gasteiger partial charge < -0.3 is 5.32 Å². The van der Waals surface area contributed by atoms with Gasteiger partial charge in [-0.1, -0.05) is 0 Å². The van der Waals surface area contributed by atoms with Crippen LogP contribution in [-0.4, -0.2) is 34.8 Å². The van der Waals surface area contributed by atoms with Crippen LogP contribution in [0.4, 0.5) is 0 Å². The zero-order valence-electron chi connectivity index (χ0n) is 9.40. The highest BCUT2D eigenvalue weighted by atomic mass is 16.2. The van der Waals surface area contributed by atoms with E-state index in [1.165, 1.54) is 23.8 Å². The van der Waals surface area contributed by atoms with Gasteiger partial charge in [-0.05, 0) is 32.6 Å². The predicted molar refractivity (Wildman–Crippen MR) is 58.6 cm³/mol. The highest BCUT2D eigenvalue weighted by Gasteiger charge is 2.41. The summed E-state index contributed by atoms with van der Waals surface area (Å²) in [6.07, 6.45) is 5.68. The van der Waals surface area contributed by atoms with Crippen molar-refractivity contribution in [2.45, 2.75) is 50.7 Å². The van der Waals surface area contributed by atoms with E-state index in [1.54, 1.807) is 6.92 Å². The molecule has 86 valence electrons. The summed E-state index contributed by atoms with van der Waals surface area (Å²) in [5.41, 5.74) is 0.580. The fourth-order valence-electron chi connectivity index (χ4n) is 3.19. The first kappa shape index (κ1) is 10.0. The molecule has 2 saturated heterocycles. The van der Waals surface area contributed by atoms with Crippen molar-refractivity contribution in [3.05, 3.63) is 11.6 Å². The Kier molecular flexibility index (Phi) is 2.14. The average Bonchev–Trinajstić information content (AvgIpc) is 2.69. The van der Waals surface area contributed by atoms with Crippen molar-refractivity contribution >= 4 is 11.8 Å². The van der Waals surface area contributed by atoms with Crippen molar-refractivity contribution in [3.8, 4) is 0 Å². The third-order valence-corrected chi connectivity index (χ3v) is 3.95. The second kappa shape index (κ2) is 3.42. The number of hydrogen-bond donors (Lipinski definition) is 1. The summed E-state index contributed by atoms with van der Waals surface area (Å²) in [4.78, 5) is 25.1. The Labute approximate surface area is 94.7 Å². The number of piperidine rings is 1. The van der Waals surface area contributed by atoms with E-state index in [0.29, 0.717) is 17.7 Å². The van der Waals surface area contributed by atoms with Gasteiger partial charge in [0.2, 0.25) is 0 Å². The van der Waals surface area contributed by atoms with Crippen LogP contribution in [0.3, 0.4) is 0 Å². The van der Waals surface area contributed by atoms with Gasteiger partial charge in [0.05, 0.1) is 0 Å². The number of rotatable bonds is 1. The van der Waals surface area contributed by atoms with E-state index < -0.39 is 0 Å². The van der Waals surface area contributed by atoms with Crippen molar-refractivity contribution < 1.29 is 9.59 Å². The number of carbonyl (C=O) groups excluding carboxylic acids is 2. The van der Waals surface area contributed by atoms with Gasteiger partial charge in [0.25, 0.3) is 11.8 Å². The van der Waals surface area contributed by atoms with Gasteiger partial charge in [0, 0.05) is 29.8 Å². The maximum absolute atomic E-state index is 11.9. The Morgan fingerprint density at radius 1 is 1.25 bits per heavy atom. The smallest absolute Gasteiger partial charge is 0.256 e. The number of fused-ring (bicyclic) bond motifs is 2. The lowest BCUT2D eigenvalue weighted by Crippen LogP contribution is -2.50. The second-order valence-corrected chi connectivity index (χ2v) is 5.10. The molecule has 0 radical (unpaired) electrons. The Hall–Kier alpha value is -1.16. The third kappa shape index (κ3) is 1.40. The summed E-state index contributed by atoms with van der Waals surface area (Å²) >= 11 is 0. The molecule has 2 bridgehead atoms. The Morgan fingerprint density at radius 2 is 1.88 bits per heavy atom. The number of imide groups is 1. The highest BCUT2D eigenvalue weighted by molar-refractivity contribution is 6.16. The van der Waals surface area contributed by atoms with Gasteiger partial charge in [0.1, 0.15) is 0 Å². The van der Waals surface area contributed by atoms with Crippen LogP contribution >= 0.6 is 0 Å². The van der Waals surface area contributed by atoms with Gasteiger partial charge in [-0.25, -0.2) is 0 Å². The molecule has 0 aliphatic carbocycles. The van der Waals surface area contributed by atoms with Crippen LogP contribution in [0.25, 0.3) is 0 Å². The normalized spacial score (nSPS) is 38.2. The molecule has 0 saturated carbocycles. The van der Waals surface area contributed by atoms with Gasteiger partial charge in [-0.3, -0.25) is 14.5 Å². The van der Waals surface area contributed by atoms with Crippen LogP contribution in [0.2, 0.25) is 0 Å². The topological polar surface area (TPSA) is 49.4 Å². The van der Waals surface area contributed by atoms with E-state index in [1.807, 2.05) is 0 Å². The molecule has 0 spiro atoms. The van der Waals surface area contributed by atoms with Crippen molar-refractivity contribution in [1.29, 1.82) is 0 Å². The lowest BCUT2D eigenvalue weighted by molar-refractivity contribution is -0.140. The molecule has 1 N–H and O–H groups in total. The van der Waals surface area contributed by atoms with Crippen molar-refractivity contribution in [3.63, 3.8) is 0 Å². The zero-order valence-corrected chi connectivity index (χ0v) is 9.40. The molecule has 2 amide bonds. The fraction of sp³-hybridized carbons (Fsp3) is 0.667. The number of carbonyl (C=O) groups is 2. The minimum Gasteiger partial charge on any atom is -0.311 e. The van der Waals surface area contributed by atoms with E-state index in [2.05, 4.69) is 5.32 Å². The van der Waals surface area contributed by atoms with Gasteiger partial charge in [0.15, 0.2) is 0 Å². The SMILES string of the molecule is CC1=CC(=O)N(C2CC3CCC(C2)N3)C1=O. The summed E-state index contributed by atoms with van der Waals surface area (Å²) in [6.45, 7) is 1.72. The number of nitrogens with zero attached hydrogens (tertiary/aromatic N) is 1. The van der Waals surface area contributed by atoms with E-state index in [9.17, 15) is 9.59 Å². The molecule has 3 aliphatic heterocycles. The van der Waals surface area contributed by atoms with E-state index in [4.69, 9.17) is 0 Å². The molecular weight excluding hydrogens is 204 g/mol. The number of nitrogens with one attached hydrogen (secondary N) is 1. The number of amides is 2. The maximum atomic E-state index is 11.9. The molecule has 0 aromatic carbocycles. The van der Waals surface area contributed by atoms with Gasteiger partial charge in [-0.15, -0.1) is 0 Å². The van der Waals surface area contributed by atoms with E-state index in [0.717, 1.165) is 12.8 Å². The van der Waals surface area contributed by atoms with Gasteiger partial charge >= 0.3 is 0 Å². The molecule has 0 aromatic rings. The van der Waals surface area contributed by atoms with E-state index in [-0.39, 0.29) is 17.9 Å². The number of hydrogen-bond acceptors (Lipinski definition) is 3. The average molecular weight is 220 g/mol. The van der Waals surface area contributed by atoms with Crippen molar-refractivity contribution in [2.75, 3.05) is 0 Å². The first-order valence-corrected chi connectivity index (χ1v) is 5.97. The van der Waals surface area contributed by atoms with Crippen LogP contribution in [0.15, 0.2) is 11.6 Å². The molecule has 4 heteroatoms. The molecule has 2 unspecified atom stereocenters. The highest BCUT2D eigenvalue weighted by Crippen LogP contribution is 2.31. The van der Waals surface area contributed by atoms with Crippen LogP contribution in [-0.2, 0) is 9.59 Å². The predicted octanol–water partition coefficient (Wildman–Crippen LogP) is 0.585. The minimum atomic E-state index is -0.117. The Morgan fingerprint density at radius 3 is 2.38 bits per heavy atom. The van der Waals surface area contributed by atoms with Crippen molar-refractivity contribution in [1.82, 2.24) is 10.2 Å². The lowest BCUT2D eigenvalue weighted by Gasteiger charge is -2.34. The molecule has 3 rings (SSSR count). The molecule has 4 nitrogen and oxygen atoms in total. The van der Waals surface area contributed by atoms with Crippen LogP contribution in [0.5, 0.6) is 0 Å². The maximum Gasteiger partial charge on any atom is 0.256 e. The standard InChI is InChI=1S/C12H16N2O2/c1-7-4-11(15)14(12(7)16)10-5-8-2-3-9(6-10)13-8/h4,8-10,13H,2-3,5-6H2,1H3. The third-order valence-electron chi connectivity index (χ3n) is 3.95. The summed E-state index contributed by atoms with van der Waals surface area (Å²) < 4.78 is 0. The van der Waals surface area contributed by atoms with Crippen LogP contribution in [0.1, 0.15) is 32.6 Å². The lowest BCUT2D eigenvalue weighted by atomic mass is 9.98. The van der Waals surface area contributed by atoms with Gasteiger partial charge in [-0.2, -0.15) is 0 Å².